The monoisotopic (exact) mass is 237 g/mol. The maximum absolute atomic E-state index is 9.00. The van der Waals surface area contributed by atoms with E-state index < -0.39 is 0 Å². The molecule has 0 saturated heterocycles. The minimum absolute atomic E-state index is 0.424. The average Bonchev–Trinajstić information content (AvgIpc) is 2.38. The minimum Gasteiger partial charge on any atom is -0.489 e. The number of nitriles is 1. The molecule has 2 nitrogen and oxygen atoms in total. The number of ether oxygens (including phenoxy) is 1. The second kappa shape index (κ2) is 5.37. The fourth-order valence-corrected chi connectivity index (χ4v) is 1.87. The van der Waals surface area contributed by atoms with Crippen LogP contribution in [0.5, 0.6) is 5.75 Å². The highest BCUT2D eigenvalue weighted by molar-refractivity contribution is 5.39. The topological polar surface area (TPSA) is 33.0 Å². The van der Waals surface area contributed by atoms with Crippen molar-refractivity contribution in [2.24, 2.45) is 0 Å². The third-order valence-electron chi connectivity index (χ3n) is 2.85. The maximum Gasteiger partial charge on any atom is 0.122 e. The molecule has 0 amide bonds. The molecule has 0 unspecified atom stereocenters. The molecule has 90 valence electrons. The van der Waals surface area contributed by atoms with Crippen LogP contribution in [0.2, 0.25) is 0 Å². The Kier molecular flexibility index (Phi) is 3.64. The minimum atomic E-state index is 0.424. The summed E-state index contributed by atoms with van der Waals surface area (Å²) in [5.74, 6) is 0.869. The van der Waals surface area contributed by atoms with Gasteiger partial charge in [-0.25, -0.2) is 0 Å². The van der Waals surface area contributed by atoms with Crippen LogP contribution in [0, 0.1) is 25.2 Å². The number of rotatable bonds is 3. The van der Waals surface area contributed by atoms with Crippen molar-refractivity contribution in [1.82, 2.24) is 0 Å². The molecule has 0 saturated carbocycles. The zero-order valence-electron chi connectivity index (χ0n) is 10.6. The number of aryl methyl sites for hydroxylation is 2. The van der Waals surface area contributed by atoms with E-state index in [1.54, 1.807) is 6.07 Å². The Hall–Kier alpha value is -2.27. The standard InChI is InChI=1S/C16H15NO/c1-12-7-8-16(13(2)9-12)18-11-15-6-4-3-5-14(15)10-17/h3-9H,11H2,1-2H3. The third kappa shape index (κ3) is 2.70. The van der Waals surface area contributed by atoms with E-state index in [0.717, 1.165) is 16.9 Å². The summed E-state index contributed by atoms with van der Waals surface area (Å²) in [6.45, 7) is 4.51. The van der Waals surface area contributed by atoms with Crippen LogP contribution in [0.15, 0.2) is 42.5 Å². The molecule has 0 bridgehead atoms. The quantitative estimate of drug-likeness (QED) is 0.814. The van der Waals surface area contributed by atoms with Gasteiger partial charge in [-0.2, -0.15) is 5.26 Å². The molecule has 0 aromatic heterocycles. The summed E-state index contributed by atoms with van der Waals surface area (Å²) in [6.07, 6.45) is 0. The van der Waals surface area contributed by atoms with E-state index in [2.05, 4.69) is 19.1 Å². The fourth-order valence-electron chi connectivity index (χ4n) is 1.87. The van der Waals surface area contributed by atoms with Gasteiger partial charge >= 0.3 is 0 Å². The van der Waals surface area contributed by atoms with E-state index in [0.29, 0.717) is 12.2 Å². The smallest absolute Gasteiger partial charge is 0.122 e. The first-order valence-electron chi connectivity index (χ1n) is 5.89. The van der Waals surface area contributed by atoms with Crippen molar-refractivity contribution >= 4 is 0 Å². The Morgan fingerprint density at radius 1 is 1.11 bits per heavy atom. The molecule has 0 spiro atoms. The highest BCUT2D eigenvalue weighted by Crippen LogP contribution is 2.20. The van der Waals surface area contributed by atoms with E-state index in [4.69, 9.17) is 10.00 Å². The van der Waals surface area contributed by atoms with Crippen LogP contribution < -0.4 is 4.74 Å². The van der Waals surface area contributed by atoms with Gasteiger partial charge < -0.3 is 4.74 Å². The SMILES string of the molecule is Cc1ccc(OCc2ccccc2C#N)c(C)c1. The van der Waals surface area contributed by atoms with E-state index in [1.165, 1.54) is 5.56 Å². The molecular weight excluding hydrogens is 222 g/mol. The van der Waals surface area contributed by atoms with Crippen LogP contribution in [0.25, 0.3) is 0 Å². The summed E-state index contributed by atoms with van der Waals surface area (Å²) in [4.78, 5) is 0. The zero-order chi connectivity index (χ0) is 13.0. The van der Waals surface area contributed by atoms with Crippen molar-refractivity contribution in [3.63, 3.8) is 0 Å². The molecule has 2 rings (SSSR count). The van der Waals surface area contributed by atoms with Crippen LogP contribution in [0.1, 0.15) is 22.3 Å². The Morgan fingerprint density at radius 2 is 1.89 bits per heavy atom. The predicted octanol–water partition coefficient (Wildman–Crippen LogP) is 3.75. The van der Waals surface area contributed by atoms with E-state index in [9.17, 15) is 0 Å². The van der Waals surface area contributed by atoms with Crippen LogP contribution in [0.4, 0.5) is 0 Å². The number of hydrogen-bond donors (Lipinski definition) is 0. The molecule has 0 heterocycles. The first kappa shape index (κ1) is 12.2. The van der Waals surface area contributed by atoms with Crippen molar-refractivity contribution in [1.29, 1.82) is 5.26 Å². The Labute approximate surface area is 107 Å². The van der Waals surface area contributed by atoms with E-state index in [-0.39, 0.29) is 0 Å². The van der Waals surface area contributed by atoms with Gasteiger partial charge in [-0.15, -0.1) is 0 Å². The lowest BCUT2D eigenvalue weighted by Gasteiger charge is -2.10. The first-order valence-corrected chi connectivity index (χ1v) is 5.89. The molecule has 2 heteroatoms. The highest BCUT2D eigenvalue weighted by atomic mass is 16.5. The number of benzene rings is 2. The van der Waals surface area contributed by atoms with Crippen LogP contribution in [0.3, 0.4) is 0 Å². The molecule has 18 heavy (non-hydrogen) atoms. The second-order valence-electron chi connectivity index (χ2n) is 4.33. The highest BCUT2D eigenvalue weighted by Gasteiger charge is 2.03. The second-order valence-corrected chi connectivity index (χ2v) is 4.33. The summed E-state index contributed by atoms with van der Waals surface area (Å²) in [5.41, 5.74) is 3.92. The van der Waals surface area contributed by atoms with Gasteiger partial charge in [0.05, 0.1) is 11.6 Å². The lowest BCUT2D eigenvalue weighted by molar-refractivity contribution is 0.303. The zero-order valence-corrected chi connectivity index (χ0v) is 10.6. The first-order chi connectivity index (χ1) is 8.70. The molecule has 0 fully saturated rings. The molecular formula is C16H15NO. The molecule has 0 N–H and O–H groups in total. The largest absolute Gasteiger partial charge is 0.489 e. The van der Waals surface area contributed by atoms with Crippen molar-refractivity contribution in [2.45, 2.75) is 20.5 Å². The molecule has 0 aliphatic heterocycles. The Morgan fingerprint density at radius 3 is 2.61 bits per heavy atom. The van der Waals surface area contributed by atoms with Gasteiger partial charge in [-0.3, -0.25) is 0 Å². The summed E-state index contributed by atoms with van der Waals surface area (Å²) >= 11 is 0. The third-order valence-corrected chi connectivity index (χ3v) is 2.85. The summed E-state index contributed by atoms with van der Waals surface area (Å²) < 4.78 is 5.77. The lowest BCUT2D eigenvalue weighted by Crippen LogP contribution is -1.99. The molecule has 0 radical (unpaired) electrons. The molecule has 0 aliphatic carbocycles. The van der Waals surface area contributed by atoms with Crippen molar-refractivity contribution in [3.05, 3.63) is 64.7 Å². The van der Waals surface area contributed by atoms with Crippen LogP contribution in [-0.2, 0) is 6.61 Å². The molecule has 2 aromatic carbocycles. The Bertz CT molecular complexity index is 596. The van der Waals surface area contributed by atoms with E-state index >= 15 is 0 Å². The fraction of sp³-hybridized carbons (Fsp3) is 0.188. The predicted molar refractivity (Wildman–Crippen MR) is 71.4 cm³/mol. The van der Waals surface area contributed by atoms with Gasteiger partial charge in [0.2, 0.25) is 0 Å². The normalized spacial score (nSPS) is 9.83. The van der Waals surface area contributed by atoms with Crippen molar-refractivity contribution in [3.8, 4) is 11.8 Å². The van der Waals surface area contributed by atoms with E-state index in [1.807, 2.05) is 37.3 Å². The van der Waals surface area contributed by atoms with Crippen molar-refractivity contribution in [2.75, 3.05) is 0 Å². The molecule has 0 aliphatic rings. The lowest BCUT2D eigenvalue weighted by atomic mass is 10.1. The van der Waals surface area contributed by atoms with Gasteiger partial charge in [0.25, 0.3) is 0 Å². The Balaban J connectivity index is 2.14. The summed E-state index contributed by atoms with van der Waals surface area (Å²) in [7, 11) is 0. The number of hydrogen-bond acceptors (Lipinski definition) is 2. The average molecular weight is 237 g/mol. The van der Waals surface area contributed by atoms with Crippen molar-refractivity contribution < 1.29 is 4.74 Å². The van der Waals surface area contributed by atoms with Crippen LogP contribution in [-0.4, -0.2) is 0 Å². The van der Waals surface area contributed by atoms with Crippen LogP contribution >= 0.6 is 0 Å². The molecule has 0 atom stereocenters. The van der Waals surface area contributed by atoms with Gasteiger partial charge in [-0.1, -0.05) is 35.9 Å². The number of nitrogens with zero attached hydrogens (tertiary/aromatic N) is 1. The summed E-state index contributed by atoms with van der Waals surface area (Å²) in [5, 5.41) is 9.00. The maximum atomic E-state index is 9.00. The van der Waals surface area contributed by atoms with Gasteiger partial charge in [0, 0.05) is 5.56 Å². The van der Waals surface area contributed by atoms with Gasteiger partial charge in [-0.05, 0) is 31.5 Å². The van der Waals surface area contributed by atoms with Gasteiger partial charge in [0.15, 0.2) is 0 Å². The molecule has 2 aromatic rings. The summed E-state index contributed by atoms with van der Waals surface area (Å²) in [6, 6.07) is 15.8. The van der Waals surface area contributed by atoms with Gasteiger partial charge in [0.1, 0.15) is 12.4 Å².